The molecule has 142 valence electrons. The Bertz CT molecular complexity index is 741. The van der Waals surface area contributed by atoms with E-state index in [1.54, 1.807) is 0 Å². The number of carbonyl (C=O) groups excluding carboxylic acids is 1. The molecule has 0 aliphatic carbocycles. The Balaban J connectivity index is 2.45. The minimum atomic E-state index is -5.01. The van der Waals surface area contributed by atoms with Crippen LogP contribution in [0.4, 0.5) is 23.9 Å². The fourth-order valence-corrected chi connectivity index (χ4v) is 2.39. The minimum Gasteiger partial charge on any atom is -0.480 e. The van der Waals surface area contributed by atoms with Crippen molar-refractivity contribution in [3.8, 4) is 0 Å². The monoisotopic (exact) mass is 378 g/mol. The van der Waals surface area contributed by atoms with Gasteiger partial charge in [0, 0.05) is 19.3 Å². The van der Waals surface area contributed by atoms with E-state index in [1.165, 1.54) is 0 Å². The summed E-state index contributed by atoms with van der Waals surface area (Å²) < 4.78 is 43.8. The zero-order valence-corrected chi connectivity index (χ0v) is 13.2. The maximum Gasteiger partial charge on any atom is 0.434 e. The molecule has 1 atom stereocenters. The van der Waals surface area contributed by atoms with Crippen LogP contribution in [0, 0.1) is 0 Å². The number of carbonyl (C=O) groups is 3. The van der Waals surface area contributed by atoms with Crippen molar-refractivity contribution in [1.82, 2.24) is 14.9 Å². The molecule has 0 saturated carbocycles. The first-order chi connectivity index (χ1) is 12.1. The van der Waals surface area contributed by atoms with Crippen molar-refractivity contribution in [1.29, 1.82) is 0 Å². The SMILES string of the molecule is COC(=O)c1cnc(N2CCN(C(=O)O)CC2C(=O)O)nc1C(F)(F)F. The van der Waals surface area contributed by atoms with Crippen LogP contribution in [-0.4, -0.2) is 75.9 Å². The molecule has 1 aliphatic rings. The molecule has 1 unspecified atom stereocenters. The van der Waals surface area contributed by atoms with E-state index in [0.717, 1.165) is 16.9 Å². The van der Waals surface area contributed by atoms with Gasteiger partial charge in [-0.1, -0.05) is 0 Å². The lowest BCUT2D eigenvalue weighted by Gasteiger charge is -2.38. The number of hydrogen-bond acceptors (Lipinski definition) is 7. The largest absolute Gasteiger partial charge is 0.480 e. The fraction of sp³-hybridized carbons (Fsp3) is 0.462. The highest BCUT2D eigenvalue weighted by Gasteiger charge is 2.41. The lowest BCUT2D eigenvalue weighted by molar-refractivity contribution is -0.141. The van der Waals surface area contributed by atoms with Crippen molar-refractivity contribution in [3.63, 3.8) is 0 Å². The van der Waals surface area contributed by atoms with Gasteiger partial charge in [0.25, 0.3) is 0 Å². The zero-order chi connectivity index (χ0) is 19.6. The van der Waals surface area contributed by atoms with Crippen LogP contribution in [0.15, 0.2) is 6.20 Å². The number of esters is 1. The Morgan fingerprint density at radius 1 is 1.27 bits per heavy atom. The molecule has 1 fully saturated rings. The van der Waals surface area contributed by atoms with E-state index in [2.05, 4.69) is 14.7 Å². The zero-order valence-electron chi connectivity index (χ0n) is 13.2. The Kier molecular flexibility index (Phi) is 5.18. The number of piperazine rings is 1. The molecule has 1 aromatic heterocycles. The summed E-state index contributed by atoms with van der Waals surface area (Å²) in [4.78, 5) is 42.6. The number of methoxy groups -OCH3 is 1. The van der Waals surface area contributed by atoms with Gasteiger partial charge in [-0.25, -0.2) is 24.4 Å². The summed E-state index contributed by atoms with van der Waals surface area (Å²) in [6, 6.07) is -1.48. The summed E-state index contributed by atoms with van der Waals surface area (Å²) in [5.41, 5.74) is -2.49. The van der Waals surface area contributed by atoms with E-state index >= 15 is 0 Å². The lowest BCUT2D eigenvalue weighted by atomic mass is 10.1. The molecule has 26 heavy (non-hydrogen) atoms. The van der Waals surface area contributed by atoms with Gasteiger partial charge in [-0.05, 0) is 0 Å². The molecule has 10 nitrogen and oxygen atoms in total. The Labute approximate surface area is 143 Å². The van der Waals surface area contributed by atoms with E-state index in [4.69, 9.17) is 5.11 Å². The smallest absolute Gasteiger partial charge is 0.434 e. The third-order valence-corrected chi connectivity index (χ3v) is 3.64. The molecule has 1 aliphatic heterocycles. The molecule has 1 aromatic rings. The molecular weight excluding hydrogens is 365 g/mol. The first kappa shape index (κ1) is 19.2. The molecule has 0 bridgehead atoms. The van der Waals surface area contributed by atoms with Gasteiger partial charge in [0.1, 0.15) is 11.6 Å². The van der Waals surface area contributed by atoms with E-state index in [1.807, 2.05) is 0 Å². The number of carboxylic acids is 1. The summed E-state index contributed by atoms with van der Waals surface area (Å²) in [6.07, 6.45) is -5.77. The van der Waals surface area contributed by atoms with Crippen LogP contribution in [0.25, 0.3) is 0 Å². The third-order valence-electron chi connectivity index (χ3n) is 3.64. The first-order valence-electron chi connectivity index (χ1n) is 7.06. The van der Waals surface area contributed by atoms with Crippen LogP contribution in [0.2, 0.25) is 0 Å². The number of halogens is 3. The molecule has 13 heteroatoms. The molecular formula is C13H13F3N4O6. The van der Waals surface area contributed by atoms with Crippen LogP contribution in [-0.2, 0) is 15.7 Å². The summed E-state index contributed by atoms with van der Waals surface area (Å²) in [5.74, 6) is -3.33. The highest BCUT2D eigenvalue weighted by molar-refractivity contribution is 5.90. The maximum absolute atomic E-state index is 13.2. The highest BCUT2D eigenvalue weighted by atomic mass is 19.4. The summed E-state index contributed by atoms with van der Waals surface area (Å²) >= 11 is 0. The summed E-state index contributed by atoms with van der Waals surface area (Å²) in [6.45, 7) is -0.866. The van der Waals surface area contributed by atoms with Crippen molar-refractivity contribution in [2.75, 3.05) is 31.6 Å². The number of ether oxygens (including phenoxy) is 1. The number of aromatic nitrogens is 2. The van der Waals surface area contributed by atoms with Crippen LogP contribution in [0.1, 0.15) is 16.1 Å². The number of alkyl halides is 3. The summed E-state index contributed by atoms with van der Waals surface area (Å²) in [7, 11) is 0.891. The Morgan fingerprint density at radius 3 is 2.42 bits per heavy atom. The number of aliphatic carboxylic acids is 1. The Hall–Kier alpha value is -3.12. The number of carboxylic acid groups (broad SMARTS) is 2. The third kappa shape index (κ3) is 3.75. The average molecular weight is 378 g/mol. The molecule has 0 aromatic carbocycles. The average Bonchev–Trinajstić information content (AvgIpc) is 2.59. The van der Waals surface area contributed by atoms with Gasteiger partial charge in [-0.15, -0.1) is 0 Å². The predicted molar refractivity (Wildman–Crippen MR) is 76.7 cm³/mol. The van der Waals surface area contributed by atoms with Gasteiger partial charge in [-0.2, -0.15) is 13.2 Å². The topological polar surface area (TPSA) is 133 Å². The minimum absolute atomic E-state index is 0.150. The van der Waals surface area contributed by atoms with Crippen molar-refractivity contribution in [3.05, 3.63) is 17.5 Å². The number of hydrogen-bond donors (Lipinski definition) is 2. The number of anilines is 1. The second-order valence-corrected chi connectivity index (χ2v) is 5.20. The summed E-state index contributed by atoms with van der Waals surface area (Å²) in [5, 5.41) is 18.2. The molecule has 0 spiro atoms. The van der Waals surface area contributed by atoms with Crippen LogP contribution in [0.5, 0.6) is 0 Å². The first-order valence-corrected chi connectivity index (χ1v) is 7.06. The van der Waals surface area contributed by atoms with Crippen LogP contribution < -0.4 is 4.90 Å². The lowest BCUT2D eigenvalue weighted by Crippen LogP contribution is -2.58. The van der Waals surface area contributed by atoms with Gasteiger partial charge in [0.15, 0.2) is 5.69 Å². The van der Waals surface area contributed by atoms with Crippen LogP contribution in [0.3, 0.4) is 0 Å². The Morgan fingerprint density at radius 2 is 1.92 bits per heavy atom. The standard InChI is InChI=1S/C13H13F3N4O6/c1-26-10(23)6-4-17-11(18-8(6)13(14,15)16)20-3-2-19(12(24)25)5-7(20)9(21)22/h4,7H,2-3,5H2,1H3,(H,21,22)(H,24,25). The molecule has 1 saturated heterocycles. The van der Waals surface area contributed by atoms with Gasteiger partial charge in [0.2, 0.25) is 5.95 Å². The molecule has 2 N–H and O–H groups in total. The van der Waals surface area contributed by atoms with E-state index < -0.39 is 54.0 Å². The van der Waals surface area contributed by atoms with Crippen molar-refractivity contribution >= 4 is 24.0 Å². The predicted octanol–water partition coefficient (Wildman–Crippen LogP) is 0.535. The van der Waals surface area contributed by atoms with Crippen molar-refractivity contribution in [2.24, 2.45) is 0 Å². The van der Waals surface area contributed by atoms with E-state index in [9.17, 15) is 32.7 Å². The fourth-order valence-electron chi connectivity index (χ4n) is 2.39. The molecule has 1 amide bonds. The normalized spacial score (nSPS) is 17.8. The maximum atomic E-state index is 13.2. The second kappa shape index (κ2) is 7.01. The van der Waals surface area contributed by atoms with E-state index in [-0.39, 0.29) is 13.1 Å². The second-order valence-electron chi connectivity index (χ2n) is 5.20. The van der Waals surface area contributed by atoms with Gasteiger partial charge < -0.3 is 24.7 Å². The number of rotatable bonds is 3. The van der Waals surface area contributed by atoms with Crippen LogP contribution >= 0.6 is 0 Å². The molecule has 2 heterocycles. The van der Waals surface area contributed by atoms with Crippen molar-refractivity contribution < 1.29 is 42.5 Å². The van der Waals surface area contributed by atoms with E-state index in [0.29, 0.717) is 6.20 Å². The van der Waals surface area contributed by atoms with Gasteiger partial charge in [0.05, 0.1) is 13.7 Å². The molecule has 2 rings (SSSR count). The van der Waals surface area contributed by atoms with Crippen molar-refractivity contribution in [2.45, 2.75) is 12.2 Å². The van der Waals surface area contributed by atoms with Gasteiger partial charge >= 0.3 is 24.2 Å². The molecule has 0 radical (unpaired) electrons. The highest BCUT2D eigenvalue weighted by Crippen LogP contribution is 2.32. The van der Waals surface area contributed by atoms with Gasteiger partial charge in [-0.3, -0.25) is 0 Å². The number of amides is 1. The number of nitrogens with zero attached hydrogens (tertiary/aromatic N) is 4. The quantitative estimate of drug-likeness (QED) is 0.723.